The molecular weight excluding hydrogens is 348 g/mol. The van der Waals surface area contributed by atoms with Gasteiger partial charge in [-0.15, -0.1) is 4.40 Å². The average molecular weight is 368 g/mol. The van der Waals surface area contributed by atoms with Crippen molar-refractivity contribution in [2.45, 2.75) is 37.6 Å². The third-order valence-corrected chi connectivity index (χ3v) is 5.34. The zero-order valence-corrected chi connectivity index (χ0v) is 14.3. The number of ether oxygens (including phenoxy) is 1. The van der Waals surface area contributed by atoms with Crippen molar-refractivity contribution in [3.05, 3.63) is 23.8 Å². The Labute approximate surface area is 145 Å². The summed E-state index contributed by atoms with van der Waals surface area (Å²) < 4.78 is 34.8. The summed E-state index contributed by atoms with van der Waals surface area (Å²) in [7, 11) is -3.86. The summed E-state index contributed by atoms with van der Waals surface area (Å²) in [5.74, 6) is 0.200. The van der Waals surface area contributed by atoms with E-state index >= 15 is 0 Å². The van der Waals surface area contributed by atoms with E-state index in [4.69, 9.17) is 15.6 Å². The Hall–Kier alpha value is -2.49. The van der Waals surface area contributed by atoms with Crippen molar-refractivity contribution in [1.29, 1.82) is 0 Å². The zero-order chi connectivity index (χ0) is 18.1. The number of amides is 1. The van der Waals surface area contributed by atoms with Gasteiger partial charge in [0.2, 0.25) is 0 Å². The van der Waals surface area contributed by atoms with Gasteiger partial charge in [0.1, 0.15) is 12.4 Å². The van der Waals surface area contributed by atoms with Gasteiger partial charge in [0.15, 0.2) is 5.84 Å². The average Bonchev–Trinajstić information content (AvgIpc) is 2.51. The van der Waals surface area contributed by atoms with Crippen LogP contribution >= 0.6 is 0 Å². The second-order valence-corrected chi connectivity index (χ2v) is 7.63. The van der Waals surface area contributed by atoms with E-state index in [1.54, 1.807) is 18.2 Å². The molecule has 1 amide bonds. The van der Waals surface area contributed by atoms with Crippen molar-refractivity contribution >= 4 is 27.8 Å². The minimum Gasteiger partial charge on any atom is -0.490 e. The van der Waals surface area contributed by atoms with Crippen LogP contribution in [0.1, 0.15) is 37.7 Å². The van der Waals surface area contributed by atoms with Gasteiger partial charge >= 0.3 is 16.3 Å². The van der Waals surface area contributed by atoms with Crippen LogP contribution in [0.15, 0.2) is 22.6 Å². The molecule has 0 bridgehead atoms. The molecule has 1 aliphatic heterocycles. The van der Waals surface area contributed by atoms with Crippen LogP contribution in [-0.4, -0.2) is 37.6 Å². The molecule has 3 rings (SSSR count). The van der Waals surface area contributed by atoms with Crippen LogP contribution in [0, 0.1) is 0 Å². The van der Waals surface area contributed by atoms with Crippen molar-refractivity contribution in [3.8, 4) is 5.75 Å². The number of amidine groups is 1. The van der Waals surface area contributed by atoms with Gasteiger partial charge < -0.3 is 20.9 Å². The van der Waals surface area contributed by atoms with Gasteiger partial charge in [0, 0.05) is 0 Å². The fourth-order valence-corrected chi connectivity index (χ4v) is 4.16. The van der Waals surface area contributed by atoms with Crippen molar-refractivity contribution < 1.29 is 23.1 Å². The number of carboxylic acid groups (broad SMARTS) is 1. The van der Waals surface area contributed by atoms with Gasteiger partial charge in [-0.1, -0.05) is 25.3 Å². The number of nitrogens with two attached hydrogens (primary N) is 1. The topological polar surface area (TPSA) is 143 Å². The molecule has 136 valence electrons. The zero-order valence-electron chi connectivity index (χ0n) is 13.5. The number of carbonyl (C=O) groups is 1. The van der Waals surface area contributed by atoms with Crippen LogP contribution in [0.5, 0.6) is 5.75 Å². The molecule has 0 atom stereocenters. The van der Waals surface area contributed by atoms with Crippen molar-refractivity contribution in [2.75, 3.05) is 11.3 Å². The molecule has 10 heteroatoms. The number of nitrogens with zero attached hydrogens (tertiary/aromatic N) is 1. The Morgan fingerprint density at radius 1 is 1.36 bits per heavy atom. The molecule has 5 N–H and O–H groups in total. The summed E-state index contributed by atoms with van der Waals surface area (Å²) in [5.41, 5.74) is 5.77. The lowest BCUT2D eigenvalue weighted by atomic mass is 9.82. The third-order valence-electron chi connectivity index (χ3n) is 4.43. The standard InChI is InChI=1S/C15H20N4O5S/c16-13-12-10(18-25(22,23)19-13)5-4-6-11(12)24-9-15(17-14(20)21)7-2-1-3-8-15/h4-6,17-18H,1-3,7-9H2,(H2,16,19)(H,20,21). The number of hydrogen-bond acceptors (Lipinski definition) is 5. The minimum atomic E-state index is -3.86. The number of nitrogens with one attached hydrogen (secondary N) is 2. The largest absolute Gasteiger partial charge is 0.490 e. The normalized spacial score (nSPS) is 20.6. The van der Waals surface area contributed by atoms with Crippen molar-refractivity contribution in [3.63, 3.8) is 0 Å². The van der Waals surface area contributed by atoms with E-state index in [-0.39, 0.29) is 18.1 Å². The predicted octanol–water partition coefficient (Wildman–Crippen LogP) is 1.41. The monoisotopic (exact) mass is 368 g/mol. The molecule has 9 nitrogen and oxygen atoms in total. The molecule has 1 aromatic carbocycles. The number of fused-ring (bicyclic) bond motifs is 1. The van der Waals surface area contributed by atoms with E-state index in [9.17, 15) is 13.2 Å². The summed E-state index contributed by atoms with van der Waals surface area (Å²) in [6.07, 6.45) is 3.18. The highest BCUT2D eigenvalue weighted by molar-refractivity contribution is 7.91. The molecule has 1 heterocycles. The van der Waals surface area contributed by atoms with Crippen LogP contribution in [0.25, 0.3) is 0 Å². The maximum absolute atomic E-state index is 11.6. The fraction of sp³-hybridized carbons (Fsp3) is 0.467. The van der Waals surface area contributed by atoms with Gasteiger partial charge in [-0.3, -0.25) is 4.72 Å². The summed E-state index contributed by atoms with van der Waals surface area (Å²) in [6.45, 7) is 0.135. The molecule has 0 radical (unpaired) electrons. The summed E-state index contributed by atoms with van der Waals surface area (Å²) in [6, 6.07) is 4.85. The van der Waals surface area contributed by atoms with E-state index in [1.165, 1.54) is 0 Å². The first-order valence-corrected chi connectivity index (χ1v) is 9.40. The summed E-state index contributed by atoms with van der Waals surface area (Å²) in [5, 5.41) is 11.7. The van der Waals surface area contributed by atoms with Gasteiger partial charge in [0.25, 0.3) is 0 Å². The molecule has 1 saturated carbocycles. The summed E-state index contributed by atoms with van der Waals surface area (Å²) in [4.78, 5) is 11.2. The van der Waals surface area contributed by atoms with E-state index < -0.39 is 21.8 Å². The SMILES string of the molecule is NC1=NS(=O)(=O)Nc2cccc(OCC3(NC(=O)O)CCCCC3)c21. The van der Waals surface area contributed by atoms with E-state index in [0.717, 1.165) is 19.3 Å². The highest BCUT2D eigenvalue weighted by atomic mass is 32.2. The van der Waals surface area contributed by atoms with Crippen molar-refractivity contribution in [1.82, 2.24) is 5.32 Å². The Balaban J connectivity index is 1.85. The van der Waals surface area contributed by atoms with E-state index in [1.807, 2.05) is 0 Å². The Morgan fingerprint density at radius 2 is 2.08 bits per heavy atom. The lowest BCUT2D eigenvalue weighted by molar-refractivity contribution is 0.121. The van der Waals surface area contributed by atoms with Crippen LogP contribution in [-0.2, 0) is 10.2 Å². The Bertz CT molecular complexity index is 815. The number of rotatable bonds is 4. The summed E-state index contributed by atoms with van der Waals surface area (Å²) >= 11 is 0. The highest BCUT2D eigenvalue weighted by Gasteiger charge is 2.35. The van der Waals surface area contributed by atoms with Crippen LogP contribution in [0.2, 0.25) is 0 Å². The predicted molar refractivity (Wildman–Crippen MR) is 92.2 cm³/mol. The van der Waals surface area contributed by atoms with Gasteiger partial charge in [-0.05, 0) is 25.0 Å². The first-order valence-electron chi connectivity index (χ1n) is 7.96. The third kappa shape index (κ3) is 3.78. The molecule has 0 spiro atoms. The van der Waals surface area contributed by atoms with E-state index in [0.29, 0.717) is 24.2 Å². The number of benzene rings is 1. The van der Waals surface area contributed by atoms with E-state index in [2.05, 4.69) is 14.4 Å². The molecule has 0 saturated heterocycles. The number of hydrogen-bond donors (Lipinski definition) is 4. The quantitative estimate of drug-likeness (QED) is 0.633. The Morgan fingerprint density at radius 3 is 2.76 bits per heavy atom. The lowest BCUT2D eigenvalue weighted by Gasteiger charge is -2.37. The van der Waals surface area contributed by atoms with Crippen LogP contribution in [0.3, 0.4) is 0 Å². The maximum atomic E-state index is 11.6. The lowest BCUT2D eigenvalue weighted by Crippen LogP contribution is -2.53. The highest BCUT2D eigenvalue weighted by Crippen LogP contribution is 2.33. The number of anilines is 1. The smallest absolute Gasteiger partial charge is 0.405 e. The molecule has 0 unspecified atom stereocenters. The molecular formula is C15H20N4O5S. The maximum Gasteiger partial charge on any atom is 0.405 e. The minimum absolute atomic E-state index is 0.135. The van der Waals surface area contributed by atoms with Crippen LogP contribution < -0.4 is 20.5 Å². The van der Waals surface area contributed by atoms with Crippen LogP contribution in [0.4, 0.5) is 10.5 Å². The molecule has 1 aliphatic carbocycles. The second-order valence-electron chi connectivity index (χ2n) is 6.29. The first kappa shape index (κ1) is 17.3. The van der Waals surface area contributed by atoms with Gasteiger partial charge in [-0.25, -0.2) is 4.79 Å². The molecule has 2 aliphatic rings. The Kier molecular flexibility index (Phi) is 4.46. The van der Waals surface area contributed by atoms with Gasteiger partial charge in [-0.2, -0.15) is 8.42 Å². The molecule has 25 heavy (non-hydrogen) atoms. The first-order chi connectivity index (χ1) is 11.8. The van der Waals surface area contributed by atoms with Crippen molar-refractivity contribution in [2.24, 2.45) is 10.1 Å². The molecule has 1 aromatic rings. The second kappa shape index (κ2) is 6.43. The molecule has 1 fully saturated rings. The fourth-order valence-electron chi connectivity index (χ4n) is 3.31. The molecule has 0 aromatic heterocycles. The van der Waals surface area contributed by atoms with Gasteiger partial charge in [0.05, 0.1) is 16.8 Å².